The molecule has 0 bridgehead atoms. The molecule has 0 aromatic carbocycles. The lowest BCUT2D eigenvalue weighted by molar-refractivity contribution is -0.128. The SMILES string of the molecule is CN(C)C(=O)CCCNCC1CCN(C2CC2)C1. The van der Waals surface area contributed by atoms with E-state index < -0.39 is 0 Å². The Labute approximate surface area is 111 Å². The maximum Gasteiger partial charge on any atom is 0.222 e. The molecular weight excluding hydrogens is 226 g/mol. The molecule has 2 rings (SSSR count). The fourth-order valence-electron chi connectivity index (χ4n) is 2.69. The van der Waals surface area contributed by atoms with E-state index in [9.17, 15) is 4.79 Å². The van der Waals surface area contributed by atoms with Gasteiger partial charge in [-0.3, -0.25) is 4.79 Å². The van der Waals surface area contributed by atoms with Gasteiger partial charge in [-0.1, -0.05) is 0 Å². The molecule has 1 amide bonds. The average molecular weight is 253 g/mol. The predicted molar refractivity (Wildman–Crippen MR) is 73.5 cm³/mol. The highest BCUT2D eigenvalue weighted by Gasteiger charge is 2.33. The van der Waals surface area contributed by atoms with Crippen LogP contribution in [0.2, 0.25) is 0 Å². The number of carbonyl (C=O) groups excluding carboxylic acids is 1. The maximum atomic E-state index is 11.4. The first kappa shape index (κ1) is 13.8. The second kappa shape index (κ2) is 6.53. The van der Waals surface area contributed by atoms with Gasteiger partial charge < -0.3 is 15.1 Å². The van der Waals surface area contributed by atoms with E-state index in [-0.39, 0.29) is 5.91 Å². The maximum absolute atomic E-state index is 11.4. The molecule has 0 aromatic heterocycles. The highest BCUT2D eigenvalue weighted by atomic mass is 16.2. The number of carbonyl (C=O) groups is 1. The van der Waals surface area contributed by atoms with E-state index in [2.05, 4.69) is 10.2 Å². The van der Waals surface area contributed by atoms with Gasteiger partial charge >= 0.3 is 0 Å². The highest BCUT2D eigenvalue weighted by Crippen LogP contribution is 2.31. The molecule has 1 aliphatic carbocycles. The van der Waals surface area contributed by atoms with Crippen LogP contribution in [0.5, 0.6) is 0 Å². The van der Waals surface area contributed by atoms with Crippen LogP contribution in [0.1, 0.15) is 32.1 Å². The van der Waals surface area contributed by atoms with E-state index in [1.807, 2.05) is 14.1 Å². The lowest BCUT2D eigenvalue weighted by Gasteiger charge is -2.15. The van der Waals surface area contributed by atoms with Crippen LogP contribution in [0.4, 0.5) is 0 Å². The summed E-state index contributed by atoms with van der Waals surface area (Å²) in [5, 5.41) is 3.50. The molecule has 2 fully saturated rings. The predicted octanol–water partition coefficient (Wildman–Crippen LogP) is 0.929. The van der Waals surface area contributed by atoms with E-state index in [0.29, 0.717) is 6.42 Å². The van der Waals surface area contributed by atoms with Gasteiger partial charge in [0.2, 0.25) is 5.91 Å². The van der Waals surface area contributed by atoms with Crippen LogP contribution in [0.3, 0.4) is 0 Å². The van der Waals surface area contributed by atoms with Crippen LogP contribution in [0.25, 0.3) is 0 Å². The van der Waals surface area contributed by atoms with Crippen molar-refractivity contribution in [1.82, 2.24) is 15.1 Å². The molecule has 4 heteroatoms. The first-order valence-corrected chi connectivity index (χ1v) is 7.31. The second-order valence-corrected chi connectivity index (χ2v) is 5.98. The Morgan fingerprint density at radius 3 is 2.78 bits per heavy atom. The summed E-state index contributed by atoms with van der Waals surface area (Å²) in [5.41, 5.74) is 0. The van der Waals surface area contributed by atoms with Gasteiger partial charge in [-0.25, -0.2) is 0 Å². The standard InChI is InChI=1S/C14H27N3O/c1-16(2)14(18)4-3-8-15-10-12-7-9-17(11-12)13-5-6-13/h12-13,15H,3-11H2,1-2H3. The molecule has 104 valence electrons. The average Bonchev–Trinajstić information content (AvgIpc) is 3.09. The number of amides is 1. The van der Waals surface area contributed by atoms with E-state index in [1.54, 1.807) is 4.90 Å². The van der Waals surface area contributed by atoms with Crippen molar-refractivity contribution < 1.29 is 4.79 Å². The summed E-state index contributed by atoms with van der Waals surface area (Å²) < 4.78 is 0. The van der Waals surface area contributed by atoms with Crippen molar-refractivity contribution in [2.24, 2.45) is 5.92 Å². The number of hydrogen-bond acceptors (Lipinski definition) is 3. The van der Waals surface area contributed by atoms with Crippen LogP contribution < -0.4 is 5.32 Å². The summed E-state index contributed by atoms with van der Waals surface area (Å²) in [6.07, 6.45) is 5.81. The summed E-state index contributed by atoms with van der Waals surface area (Å²) in [6, 6.07) is 0.924. The van der Waals surface area contributed by atoms with Crippen molar-refractivity contribution in [3.05, 3.63) is 0 Å². The molecule has 1 N–H and O–H groups in total. The number of likely N-dealkylation sites (tertiary alicyclic amines) is 1. The Bertz CT molecular complexity index is 276. The number of nitrogens with one attached hydrogen (secondary N) is 1. The third-order valence-electron chi connectivity index (χ3n) is 4.06. The lowest BCUT2D eigenvalue weighted by atomic mass is 10.1. The van der Waals surface area contributed by atoms with Crippen LogP contribution in [0, 0.1) is 5.92 Å². The van der Waals surface area contributed by atoms with Crippen molar-refractivity contribution in [2.75, 3.05) is 40.3 Å². The van der Waals surface area contributed by atoms with E-state index >= 15 is 0 Å². The van der Waals surface area contributed by atoms with Gasteiger partial charge in [-0.2, -0.15) is 0 Å². The minimum Gasteiger partial charge on any atom is -0.349 e. The quantitative estimate of drug-likeness (QED) is 0.686. The smallest absolute Gasteiger partial charge is 0.222 e. The molecular formula is C14H27N3O. The van der Waals surface area contributed by atoms with E-state index in [1.165, 1.54) is 32.4 Å². The topological polar surface area (TPSA) is 35.6 Å². The van der Waals surface area contributed by atoms with Crippen LogP contribution >= 0.6 is 0 Å². The molecule has 2 aliphatic rings. The van der Waals surface area contributed by atoms with Crippen molar-refractivity contribution in [1.29, 1.82) is 0 Å². The Morgan fingerprint density at radius 2 is 2.11 bits per heavy atom. The Hall–Kier alpha value is -0.610. The molecule has 0 aromatic rings. The normalized spacial score (nSPS) is 24.4. The molecule has 1 heterocycles. The van der Waals surface area contributed by atoms with Gasteiger partial charge in [0.1, 0.15) is 0 Å². The minimum atomic E-state index is 0.234. The third-order valence-corrected chi connectivity index (χ3v) is 4.06. The van der Waals surface area contributed by atoms with Crippen molar-refractivity contribution >= 4 is 5.91 Å². The molecule has 0 radical (unpaired) electrons. The first-order valence-electron chi connectivity index (χ1n) is 7.31. The van der Waals surface area contributed by atoms with Gasteiger partial charge in [-0.05, 0) is 51.2 Å². The Morgan fingerprint density at radius 1 is 1.33 bits per heavy atom. The molecule has 18 heavy (non-hydrogen) atoms. The summed E-state index contributed by atoms with van der Waals surface area (Å²) in [4.78, 5) is 15.7. The summed E-state index contributed by atoms with van der Waals surface area (Å²) in [6.45, 7) is 4.68. The zero-order valence-electron chi connectivity index (χ0n) is 11.8. The molecule has 1 saturated heterocycles. The molecule has 1 atom stereocenters. The highest BCUT2D eigenvalue weighted by molar-refractivity contribution is 5.75. The first-order chi connectivity index (χ1) is 8.66. The minimum absolute atomic E-state index is 0.234. The van der Waals surface area contributed by atoms with Gasteiger partial charge in [0.05, 0.1) is 0 Å². The lowest BCUT2D eigenvalue weighted by Crippen LogP contribution is -2.29. The van der Waals surface area contributed by atoms with Gasteiger partial charge in [0.15, 0.2) is 0 Å². The summed E-state index contributed by atoms with van der Waals surface area (Å²) in [7, 11) is 3.64. The third kappa shape index (κ3) is 4.25. The summed E-state index contributed by atoms with van der Waals surface area (Å²) >= 11 is 0. The van der Waals surface area contributed by atoms with Crippen molar-refractivity contribution in [2.45, 2.75) is 38.1 Å². The molecule has 1 saturated carbocycles. The zero-order valence-corrected chi connectivity index (χ0v) is 11.8. The molecule has 1 aliphatic heterocycles. The Kier molecular flexibility index (Phi) is 5.01. The fourth-order valence-corrected chi connectivity index (χ4v) is 2.69. The van der Waals surface area contributed by atoms with E-state index in [4.69, 9.17) is 0 Å². The second-order valence-electron chi connectivity index (χ2n) is 5.98. The number of hydrogen-bond donors (Lipinski definition) is 1. The molecule has 4 nitrogen and oxygen atoms in total. The zero-order chi connectivity index (χ0) is 13.0. The van der Waals surface area contributed by atoms with Gasteiger partial charge in [0.25, 0.3) is 0 Å². The van der Waals surface area contributed by atoms with Crippen LogP contribution in [-0.4, -0.2) is 62.0 Å². The Balaban J connectivity index is 1.47. The van der Waals surface area contributed by atoms with Crippen LogP contribution in [-0.2, 0) is 4.79 Å². The van der Waals surface area contributed by atoms with Gasteiger partial charge in [-0.15, -0.1) is 0 Å². The van der Waals surface area contributed by atoms with Crippen molar-refractivity contribution in [3.63, 3.8) is 0 Å². The summed E-state index contributed by atoms with van der Waals surface area (Å²) in [5.74, 6) is 1.06. The fraction of sp³-hybridized carbons (Fsp3) is 0.929. The monoisotopic (exact) mass is 253 g/mol. The largest absolute Gasteiger partial charge is 0.349 e. The molecule has 0 spiro atoms. The van der Waals surface area contributed by atoms with Crippen LogP contribution in [0.15, 0.2) is 0 Å². The number of nitrogens with zero attached hydrogens (tertiary/aromatic N) is 2. The number of rotatable bonds is 7. The van der Waals surface area contributed by atoms with E-state index in [0.717, 1.165) is 31.5 Å². The van der Waals surface area contributed by atoms with Crippen molar-refractivity contribution in [3.8, 4) is 0 Å². The van der Waals surface area contributed by atoms with Gasteiger partial charge in [0, 0.05) is 33.1 Å². The molecule has 1 unspecified atom stereocenters.